The summed E-state index contributed by atoms with van der Waals surface area (Å²) < 4.78 is 11.0. The first-order valence-corrected chi connectivity index (χ1v) is 11.5. The quantitative estimate of drug-likeness (QED) is 0.565. The highest BCUT2D eigenvalue weighted by Gasteiger charge is 2.29. The van der Waals surface area contributed by atoms with Crippen LogP contribution in [0.3, 0.4) is 0 Å². The standard InChI is InChI=1S/C27H38N2O4/c1-8-24(26(31)28-19(2)3)29(17-20-9-13-22(32-7)14-10-20)25(30)18-33-23-15-11-21(12-16-23)27(4,5)6/h9-16,19,24H,8,17-18H2,1-7H3,(H,28,31)/t24-/m1/s1. The van der Waals surface area contributed by atoms with Gasteiger partial charge in [-0.1, -0.05) is 52.0 Å². The third-order valence-corrected chi connectivity index (χ3v) is 5.41. The van der Waals surface area contributed by atoms with Gasteiger partial charge in [-0.3, -0.25) is 9.59 Å². The Morgan fingerprint density at radius 1 is 0.970 bits per heavy atom. The predicted octanol–water partition coefficient (Wildman–Crippen LogP) is 4.70. The summed E-state index contributed by atoms with van der Waals surface area (Å²) in [7, 11) is 1.61. The first kappa shape index (κ1) is 26.2. The summed E-state index contributed by atoms with van der Waals surface area (Å²) in [6.45, 7) is 12.3. The van der Waals surface area contributed by atoms with Crippen LogP contribution in [0.4, 0.5) is 0 Å². The lowest BCUT2D eigenvalue weighted by Crippen LogP contribution is -2.51. The number of nitrogens with one attached hydrogen (secondary N) is 1. The van der Waals surface area contributed by atoms with Crippen LogP contribution in [-0.2, 0) is 21.5 Å². The molecule has 2 rings (SSSR count). The van der Waals surface area contributed by atoms with Gasteiger partial charge in [0.2, 0.25) is 5.91 Å². The summed E-state index contributed by atoms with van der Waals surface area (Å²) in [6.07, 6.45) is 0.501. The molecule has 0 saturated heterocycles. The lowest BCUT2D eigenvalue weighted by atomic mass is 9.87. The van der Waals surface area contributed by atoms with Crippen molar-refractivity contribution < 1.29 is 19.1 Å². The van der Waals surface area contributed by atoms with Crippen molar-refractivity contribution in [2.24, 2.45) is 0 Å². The Kier molecular flexibility index (Phi) is 9.32. The third kappa shape index (κ3) is 7.81. The lowest BCUT2D eigenvalue weighted by molar-refractivity contribution is -0.143. The third-order valence-electron chi connectivity index (χ3n) is 5.41. The van der Waals surface area contributed by atoms with Crippen LogP contribution in [-0.4, -0.2) is 42.5 Å². The van der Waals surface area contributed by atoms with E-state index < -0.39 is 6.04 Å². The van der Waals surface area contributed by atoms with Crippen LogP contribution in [0.1, 0.15) is 59.1 Å². The van der Waals surface area contributed by atoms with Crippen LogP contribution >= 0.6 is 0 Å². The van der Waals surface area contributed by atoms with E-state index in [1.807, 2.05) is 69.3 Å². The van der Waals surface area contributed by atoms with Crippen LogP contribution < -0.4 is 14.8 Å². The van der Waals surface area contributed by atoms with Crippen molar-refractivity contribution in [2.45, 2.75) is 72.0 Å². The van der Waals surface area contributed by atoms with E-state index in [9.17, 15) is 9.59 Å². The van der Waals surface area contributed by atoms with Crippen molar-refractivity contribution in [2.75, 3.05) is 13.7 Å². The molecule has 1 atom stereocenters. The van der Waals surface area contributed by atoms with Crippen LogP contribution in [0.15, 0.2) is 48.5 Å². The molecule has 0 aliphatic heterocycles. The molecule has 6 nitrogen and oxygen atoms in total. The highest BCUT2D eigenvalue weighted by atomic mass is 16.5. The van der Waals surface area contributed by atoms with Crippen LogP contribution in [0.2, 0.25) is 0 Å². The second-order valence-corrected chi connectivity index (χ2v) is 9.52. The molecule has 0 aliphatic carbocycles. The molecule has 2 aromatic carbocycles. The number of hydrogen-bond donors (Lipinski definition) is 1. The van der Waals surface area contributed by atoms with E-state index in [1.54, 1.807) is 12.0 Å². The van der Waals surface area contributed by atoms with E-state index in [0.29, 0.717) is 18.7 Å². The summed E-state index contributed by atoms with van der Waals surface area (Å²) in [5.74, 6) is 0.962. The van der Waals surface area contributed by atoms with Crippen molar-refractivity contribution in [3.8, 4) is 11.5 Å². The maximum Gasteiger partial charge on any atom is 0.261 e. The molecule has 0 saturated carbocycles. The summed E-state index contributed by atoms with van der Waals surface area (Å²) in [5.41, 5.74) is 2.15. The van der Waals surface area contributed by atoms with Gasteiger partial charge in [-0.15, -0.1) is 0 Å². The minimum atomic E-state index is -0.589. The average molecular weight is 455 g/mol. The number of nitrogens with zero attached hydrogens (tertiary/aromatic N) is 1. The Balaban J connectivity index is 2.19. The first-order valence-electron chi connectivity index (χ1n) is 11.5. The zero-order valence-electron chi connectivity index (χ0n) is 21.0. The van der Waals surface area contributed by atoms with E-state index in [2.05, 4.69) is 26.1 Å². The average Bonchev–Trinajstić information content (AvgIpc) is 2.77. The summed E-state index contributed by atoms with van der Waals surface area (Å²) in [5, 5.41) is 2.93. The number of amides is 2. The van der Waals surface area contributed by atoms with Gasteiger partial charge >= 0.3 is 0 Å². The molecule has 2 aromatic rings. The smallest absolute Gasteiger partial charge is 0.261 e. The molecule has 33 heavy (non-hydrogen) atoms. The molecule has 6 heteroatoms. The monoisotopic (exact) mass is 454 g/mol. The zero-order valence-corrected chi connectivity index (χ0v) is 21.0. The second kappa shape index (κ2) is 11.7. The molecule has 0 aliphatic rings. The van der Waals surface area contributed by atoms with Gasteiger partial charge in [-0.25, -0.2) is 0 Å². The van der Waals surface area contributed by atoms with Crippen molar-refractivity contribution in [3.05, 3.63) is 59.7 Å². The van der Waals surface area contributed by atoms with E-state index in [4.69, 9.17) is 9.47 Å². The fourth-order valence-electron chi connectivity index (χ4n) is 3.51. The Morgan fingerprint density at radius 3 is 2.03 bits per heavy atom. The Morgan fingerprint density at radius 2 is 1.55 bits per heavy atom. The van der Waals surface area contributed by atoms with E-state index >= 15 is 0 Å². The number of carbonyl (C=O) groups is 2. The van der Waals surface area contributed by atoms with Crippen LogP contribution in [0.5, 0.6) is 11.5 Å². The second-order valence-electron chi connectivity index (χ2n) is 9.52. The van der Waals surface area contributed by atoms with Crippen molar-refractivity contribution in [3.63, 3.8) is 0 Å². The molecule has 0 bridgehead atoms. The molecular formula is C27H38N2O4. The number of hydrogen-bond acceptors (Lipinski definition) is 4. The van der Waals surface area contributed by atoms with Crippen molar-refractivity contribution >= 4 is 11.8 Å². The molecule has 0 radical (unpaired) electrons. The molecule has 0 aromatic heterocycles. The predicted molar refractivity (Wildman–Crippen MR) is 132 cm³/mol. The van der Waals surface area contributed by atoms with Gasteiger partial charge in [-0.2, -0.15) is 0 Å². The lowest BCUT2D eigenvalue weighted by Gasteiger charge is -2.31. The number of methoxy groups -OCH3 is 1. The minimum Gasteiger partial charge on any atom is -0.497 e. The normalized spacial score (nSPS) is 12.2. The molecular weight excluding hydrogens is 416 g/mol. The largest absolute Gasteiger partial charge is 0.497 e. The summed E-state index contributed by atoms with van der Waals surface area (Å²) in [4.78, 5) is 27.7. The number of rotatable bonds is 10. The zero-order chi connectivity index (χ0) is 24.6. The minimum absolute atomic E-state index is 0.0120. The van der Waals surface area contributed by atoms with E-state index in [1.165, 1.54) is 5.56 Å². The molecule has 0 heterocycles. The fourth-order valence-corrected chi connectivity index (χ4v) is 3.51. The Hall–Kier alpha value is -3.02. The van der Waals surface area contributed by atoms with Crippen molar-refractivity contribution in [1.29, 1.82) is 0 Å². The molecule has 0 fully saturated rings. The van der Waals surface area contributed by atoms with E-state index in [0.717, 1.165) is 11.3 Å². The van der Waals surface area contributed by atoms with Gasteiger partial charge in [0.15, 0.2) is 6.61 Å². The van der Waals surface area contributed by atoms with Gasteiger partial charge in [0, 0.05) is 12.6 Å². The number of benzene rings is 2. The molecule has 2 amide bonds. The fraction of sp³-hybridized carbons (Fsp3) is 0.481. The van der Waals surface area contributed by atoms with Crippen LogP contribution in [0, 0.1) is 0 Å². The molecule has 0 unspecified atom stereocenters. The van der Waals surface area contributed by atoms with Gasteiger partial charge in [0.05, 0.1) is 7.11 Å². The highest BCUT2D eigenvalue weighted by molar-refractivity contribution is 5.88. The molecule has 1 N–H and O–H groups in total. The van der Waals surface area contributed by atoms with Crippen LogP contribution in [0.25, 0.3) is 0 Å². The topological polar surface area (TPSA) is 67.9 Å². The van der Waals surface area contributed by atoms with Gasteiger partial charge < -0.3 is 19.7 Å². The van der Waals surface area contributed by atoms with Gasteiger partial charge in [0.25, 0.3) is 5.91 Å². The Bertz CT molecular complexity index is 899. The van der Waals surface area contributed by atoms with Gasteiger partial charge in [0.1, 0.15) is 17.5 Å². The number of ether oxygens (including phenoxy) is 2. The number of carbonyl (C=O) groups excluding carboxylic acids is 2. The maximum absolute atomic E-state index is 13.3. The SMILES string of the molecule is CC[C@H](C(=O)NC(C)C)N(Cc1ccc(OC)cc1)C(=O)COc1ccc(C(C)(C)C)cc1. The maximum atomic E-state index is 13.3. The van der Waals surface area contributed by atoms with Crippen molar-refractivity contribution in [1.82, 2.24) is 10.2 Å². The summed E-state index contributed by atoms with van der Waals surface area (Å²) >= 11 is 0. The van der Waals surface area contributed by atoms with Gasteiger partial charge in [-0.05, 0) is 61.1 Å². The first-order chi connectivity index (χ1) is 15.5. The summed E-state index contributed by atoms with van der Waals surface area (Å²) in [6, 6.07) is 14.7. The van der Waals surface area contributed by atoms with E-state index in [-0.39, 0.29) is 29.9 Å². The highest BCUT2D eigenvalue weighted by Crippen LogP contribution is 2.24. The Labute approximate surface area is 198 Å². The molecule has 180 valence electrons. The molecule has 0 spiro atoms.